The fraction of sp³-hybridized carbons (Fsp3) is 0.125. The number of hydrogen-bond acceptors (Lipinski definition) is 1. The molecule has 2 aromatic rings. The van der Waals surface area contributed by atoms with Crippen LogP contribution in [-0.2, 0) is 7.05 Å². The minimum absolute atomic E-state index is 0.529. The molecule has 0 radical (unpaired) electrons. The van der Waals surface area contributed by atoms with Crippen molar-refractivity contribution in [2.24, 2.45) is 7.05 Å². The molecule has 0 unspecified atom stereocenters. The number of imidazole rings is 1. The molecule has 0 amide bonds. The van der Waals surface area contributed by atoms with Crippen LogP contribution in [0.15, 0.2) is 30.6 Å². The molecule has 0 atom stereocenters. The second-order valence-electron chi connectivity index (χ2n) is 2.27. The summed E-state index contributed by atoms with van der Waals surface area (Å²) in [6.07, 6.45) is 1.75. The molecule has 0 N–H and O–H groups in total. The molecule has 0 spiro atoms. The van der Waals surface area contributed by atoms with Crippen molar-refractivity contribution in [3.63, 3.8) is 0 Å². The Kier molecular flexibility index (Phi) is 0.826. The van der Waals surface area contributed by atoms with E-state index in [1.54, 1.807) is 12.4 Å². The summed E-state index contributed by atoms with van der Waals surface area (Å²) in [5, 5.41) is 0. The van der Waals surface area contributed by atoms with Crippen LogP contribution in [0.2, 0.25) is 0 Å². The van der Waals surface area contributed by atoms with E-state index >= 15 is 0 Å². The molecule has 50 valence electrons. The van der Waals surface area contributed by atoms with Gasteiger partial charge in [0.2, 0.25) is 0 Å². The summed E-state index contributed by atoms with van der Waals surface area (Å²) in [5.74, 6) is 0. The molecule has 1 aromatic heterocycles. The zero-order valence-electron chi connectivity index (χ0n) is 6.70. The first-order valence-electron chi connectivity index (χ1n) is 3.65. The lowest BCUT2D eigenvalue weighted by molar-refractivity contribution is 0.948. The van der Waals surface area contributed by atoms with Gasteiger partial charge in [0.15, 0.2) is 0 Å². The van der Waals surface area contributed by atoms with Gasteiger partial charge in [0, 0.05) is 7.05 Å². The predicted molar refractivity (Wildman–Crippen MR) is 40.7 cm³/mol. The van der Waals surface area contributed by atoms with E-state index < -0.39 is 0 Å². The van der Waals surface area contributed by atoms with Gasteiger partial charge in [-0.1, -0.05) is 12.1 Å². The number of aryl methyl sites for hydroxylation is 1. The predicted octanol–water partition coefficient (Wildman–Crippen LogP) is 1.57. The number of hydrogen-bond donors (Lipinski definition) is 0. The van der Waals surface area contributed by atoms with Crippen molar-refractivity contribution in [1.82, 2.24) is 9.55 Å². The number of para-hydroxylation sites is 2. The molecule has 2 nitrogen and oxygen atoms in total. The molecular formula is C8H8N2. The van der Waals surface area contributed by atoms with Crippen molar-refractivity contribution in [1.29, 1.82) is 0 Å². The Bertz CT molecular complexity index is 392. The SMILES string of the molecule is [2H]c1ccc2ncn(C)c2c1. The van der Waals surface area contributed by atoms with Crippen LogP contribution < -0.4 is 0 Å². The highest BCUT2D eigenvalue weighted by molar-refractivity contribution is 5.74. The van der Waals surface area contributed by atoms with Crippen LogP contribution in [0.1, 0.15) is 1.37 Å². The Hall–Kier alpha value is -1.31. The molecule has 0 aliphatic heterocycles. The van der Waals surface area contributed by atoms with E-state index in [4.69, 9.17) is 1.37 Å². The van der Waals surface area contributed by atoms with E-state index in [2.05, 4.69) is 4.98 Å². The maximum Gasteiger partial charge on any atom is 0.0955 e. The molecule has 0 aliphatic rings. The number of benzene rings is 1. The maximum absolute atomic E-state index is 7.37. The van der Waals surface area contributed by atoms with Crippen molar-refractivity contribution in [2.45, 2.75) is 0 Å². The van der Waals surface area contributed by atoms with E-state index in [1.165, 1.54) is 0 Å². The van der Waals surface area contributed by atoms with E-state index in [9.17, 15) is 0 Å². The van der Waals surface area contributed by atoms with Gasteiger partial charge in [-0.15, -0.1) is 0 Å². The highest BCUT2D eigenvalue weighted by Crippen LogP contribution is 2.08. The molecule has 0 bridgehead atoms. The van der Waals surface area contributed by atoms with Gasteiger partial charge in [-0.3, -0.25) is 0 Å². The van der Waals surface area contributed by atoms with Crippen molar-refractivity contribution in [3.8, 4) is 0 Å². The van der Waals surface area contributed by atoms with Gasteiger partial charge in [-0.25, -0.2) is 4.98 Å². The normalized spacial score (nSPS) is 11.9. The summed E-state index contributed by atoms with van der Waals surface area (Å²) in [4.78, 5) is 4.14. The molecular weight excluding hydrogens is 124 g/mol. The molecule has 0 fully saturated rings. The molecule has 0 aliphatic carbocycles. The van der Waals surface area contributed by atoms with E-state index in [-0.39, 0.29) is 0 Å². The van der Waals surface area contributed by atoms with E-state index in [0.717, 1.165) is 11.0 Å². The third-order valence-corrected chi connectivity index (χ3v) is 1.57. The third-order valence-electron chi connectivity index (χ3n) is 1.57. The van der Waals surface area contributed by atoms with E-state index in [1.807, 2.05) is 23.7 Å². The van der Waals surface area contributed by atoms with Crippen molar-refractivity contribution in [3.05, 3.63) is 30.6 Å². The fourth-order valence-corrected chi connectivity index (χ4v) is 1.02. The number of fused-ring (bicyclic) bond motifs is 1. The fourth-order valence-electron chi connectivity index (χ4n) is 1.02. The highest BCUT2D eigenvalue weighted by Gasteiger charge is 1.93. The Morgan fingerprint density at radius 1 is 1.60 bits per heavy atom. The summed E-state index contributed by atoms with van der Waals surface area (Å²) in [6.45, 7) is 0. The Labute approximate surface area is 60.5 Å². The Morgan fingerprint density at radius 2 is 2.50 bits per heavy atom. The largest absolute Gasteiger partial charge is 0.334 e. The van der Waals surface area contributed by atoms with Gasteiger partial charge in [0.25, 0.3) is 0 Å². The van der Waals surface area contributed by atoms with Gasteiger partial charge >= 0.3 is 0 Å². The molecule has 1 aromatic carbocycles. The lowest BCUT2D eigenvalue weighted by Gasteiger charge is -1.90. The quantitative estimate of drug-likeness (QED) is 0.533. The lowest BCUT2D eigenvalue weighted by atomic mass is 10.3. The van der Waals surface area contributed by atoms with Crippen LogP contribution in [0.25, 0.3) is 11.0 Å². The molecule has 2 heteroatoms. The summed E-state index contributed by atoms with van der Waals surface area (Å²) in [5.41, 5.74) is 1.96. The highest BCUT2D eigenvalue weighted by atomic mass is 15.0. The molecule has 2 rings (SSSR count). The zero-order chi connectivity index (χ0) is 7.84. The topological polar surface area (TPSA) is 17.8 Å². The first-order valence-corrected chi connectivity index (χ1v) is 3.15. The van der Waals surface area contributed by atoms with Gasteiger partial charge in [-0.05, 0) is 12.1 Å². The zero-order valence-corrected chi connectivity index (χ0v) is 5.70. The minimum Gasteiger partial charge on any atom is -0.334 e. The van der Waals surface area contributed by atoms with Crippen molar-refractivity contribution < 1.29 is 1.37 Å². The summed E-state index contributed by atoms with van der Waals surface area (Å²) in [7, 11) is 1.93. The number of nitrogens with zero attached hydrogens (tertiary/aromatic N) is 2. The monoisotopic (exact) mass is 133 g/mol. The second-order valence-corrected chi connectivity index (χ2v) is 2.27. The first kappa shape index (κ1) is 4.50. The summed E-state index contributed by atoms with van der Waals surface area (Å²) in [6, 6.07) is 5.94. The lowest BCUT2D eigenvalue weighted by Crippen LogP contribution is -1.81. The molecule has 1 heterocycles. The molecule has 0 saturated heterocycles. The van der Waals surface area contributed by atoms with Gasteiger partial charge < -0.3 is 4.57 Å². The third kappa shape index (κ3) is 0.620. The maximum atomic E-state index is 7.37. The summed E-state index contributed by atoms with van der Waals surface area (Å²) >= 11 is 0. The van der Waals surface area contributed by atoms with E-state index in [0.29, 0.717) is 6.04 Å². The van der Waals surface area contributed by atoms with Crippen molar-refractivity contribution >= 4 is 11.0 Å². The van der Waals surface area contributed by atoms with Crippen LogP contribution >= 0.6 is 0 Å². The van der Waals surface area contributed by atoms with Gasteiger partial charge in [0.1, 0.15) is 0 Å². The van der Waals surface area contributed by atoms with Crippen LogP contribution in [-0.4, -0.2) is 9.55 Å². The number of aromatic nitrogens is 2. The Balaban J connectivity index is 2.87. The average molecular weight is 133 g/mol. The van der Waals surface area contributed by atoms with Gasteiger partial charge in [0.05, 0.1) is 18.7 Å². The smallest absolute Gasteiger partial charge is 0.0955 e. The van der Waals surface area contributed by atoms with Crippen LogP contribution in [0.5, 0.6) is 0 Å². The first-order chi connectivity index (χ1) is 5.27. The summed E-state index contributed by atoms with van der Waals surface area (Å²) < 4.78 is 9.28. The standard InChI is InChI=1S/C8H8N2/c1-10-6-9-7-4-2-3-5-8(7)10/h2-6H,1H3/i3D. The van der Waals surface area contributed by atoms with Crippen molar-refractivity contribution in [2.75, 3.05) is 0 Å². The molecule has 0 saturated carbocycles. The average Bonchev–Trinajstić information content (AvgIpc) is 2.33. The van der Waals surface area contributed by atoms with Crippen LogP contribution in [0, 0.1) is 0 Å². The van der Waals surface area contributed by atoms with Gasteiger partial charge in [-0.2, -0.15) is 0 Å². The Morgan fingerprint density at radius 3 is 3.40 bits per heavy atom. The van der Waals surface area contributed by atoms with Crippen LogP contribution in [0.3, 0.4) is 0 Å². The number of rotatable bonds is 0. The minimum atomic E-state index is 0.529. The molecule has 10 heavy (non-hydrogen) atoms. The second kappa shape index (κ2) is 1.84. The van der Waals surface area contributed by atoms with Crippen LogP contribution in [0.4, 0.5) is 0 Å².